The summed E-state index contributed by atoms with van der Waals surface area (Å²) in [5.74, 6) is -0.268. The van der Waals surface area contributed by atoms with Crippen molar-refractivity contribution in [3.8, 4) is 11.8 Å². The van der Waals surface area contributed by atoms with Gasteiger partial charge in [0, 0.05) is 18.0 Å². The molecule has 0 bridgehead atoms. The number of aromatic nitrogens is 2. The van der Waals surface area contributed by atoms with E-state index >= 15 is 0 Å². The Morgan fingerprint density at radius 3 is 2.46 bits per heavy atom. The molecular weight excluding hydrogens is 373 g/mol. The van der Waals surface area contributed by atoms with Crippen LogP contribution in [0.15, 0.2) is 12.1 Å². The molecule has 0 atom stereocenters. The molecule has 1 N–H and O–H groups in total. The van der Waals surface area contributed by atoms with E-state index in [2.05, 4.69) is 10.3 Å². The first-order valence-electron chi connectivity index (χ1n) is 8.79. The highest BCUT2D eigenvalue weighted by Gasteiger charge is 2.63. The van der Waals surface area contributed by atoms with Crippen LogP contribution in [0.3, 0.4) is 0 Å². The molecule has 0 saturated heterocycles. The van der Waals surface area contributed by atoms with Gasteiger partial charge in [-0.05, 0) is 39.7 Å². The number of carbonyl (C=O) groups excluding carboxylic acids is 1. The highest BCUT2D eigenvalue weighted by atomic mass is 19.4. The van der Waals surface area contributed by atoms with Crippen LogP contribution >= 0.6 is 0 Å². The standard InChI is InChI=1S/C19H21F3N4O2/c1-17(2,3)26-12-7-11(10-23)8-13(28-4)15(12)25-16(26)24-14(27)9-18(5-6-18)19(20,21)22/h7-8H,5-6,9H2,1-4H3,(H,24,25,27). The minimum atomic E-state index is -4.40. The van der Waals surface area contributed by atoms with E-state index in [1.165, 1.54) is 13.2 Å². The summed E-state index contributed by atoms with van der Waals surface area (Å²) in [5.41, 5.74) is -1.17. The van der Waals surface area contributed by atoms with Crippen molar-refractivity contribution >= 4 is 22.9 Å². The Hall–Kier alpha value is -2.76. The third kappa shape index (κ3) is 3.39. The van der Waals surface area contributed by atoms with Crippen LogP contribution in [-0.2, 0) is 10.3 Å². The van der Waals surface area contributed by atoms with E-state index in [0.717, 1.165) is 0 Å². The highest BCUT2D eigenvalue weighted by Crippen LogP contribution is 2.60. The molecule has 1 fully saturated rings. The van der Waals surface area contributed by atoms with Gasteiger partial charge in [-0.3, -0.25) is 10.1 Å². The minimum Gasteiger partial charge on any atom is -0.494 e. The van der Waals surface area contributed by atoms with Gasteiger partial charge < -0.3 is 9.30 Å². The summed E-state index contributed by atoms with van der Waals surface area (Å²) in [4.78, 5) is 16.8. The summed E-state index contributed by atoms with van der Waals surface area (Å²) in [6.45, 7) is 5.61. The fourth-order valence-electron chi connectivity index (χ4n) is 3.32. The maximum Gasteiger partial charge on any atom is 0.395 e. The van der Waals surface area contributed by atoms with Gasteiger partial charge in [-0.15, -0.1) is 0 Å². The van der Waals surface area contributed by atoms with E-state index in [-0.39, 0.29) is 18.8 Å². The lowest BCUT2D eigenvalue weighted by molar-refractivity contribution is -0.189. The number of hydrogen-bond acceptors (Lipinski definition) is 4. The zero-order valence-electron chi connectivity index (χ0n) is 16.1. The largest absolute Gasteiger partial charge is 0.494 e. The van der Waals surface area contributed by atoms with Gasteiger partial charge in [0.15, 0.2) is 0 Å². The van der Waals surface area contributed by atoms with Crippen LogP contribution in [0, 0.1) is 16.7 Å². The second-order valence-electron chi connectivity index (χ2n) is 8.10. The van der Waals surface area contributed by atoms with Crippen molar-refractivity contribution in [1.29, 1.82) is 5.26 Å². The van der Waals surface area contributed by atoms with Crippen molar-refractivity contribution in [2.75, 3.05) is 12.4 Å². The van der Waals surface area contributed by atoms with Gasteiger partial charge in [0.2, 0.25) is 11.9 Å². The van der Waals surface area contributed by atoms with Gasteiger partial charge >= 0.3 is 6.18 Å². The second kappa shape index (κ2) is 6.40. The number of halogens is 3. The zero-order valence-corrected chi connectivity index (χ0v) is 16.1. The Kier molecular flexibility index (Phi) is 4.57. The Labute approximate surface area is 160 Å². The fraction of sp³-hybridized carbons (Fsp3) is 0.526. The molecule has 1 aliphatic rings. The lowest BCUT2D eigenvalue weighted by Gasteiger charge is -2.25. The molecule has 1 saturated carbocycles. The first kappa shape index (κ1) is 20.0. The number of hydrogen-bond donors (Lipinski definition) is 1. The molecule has 1 aliphatic carbocycles. The number of carbonyl (C=O) groups is 1. The Morgan fingerprint density at radius 1 is 1.36 bits per heavy atom. The predicted octanol–water partition coefficient (Wildman–Crippen LogP) is 4.34. The molecule has 1 aromatic carbocycles. The number of fused-ring (bicyclic) bond motifs is 1. The average molecular weight is 394 g/mol. The summed E-state index contributed by atoms with van der Waals surface area (Å²) in [6, 6.07) is 5.18. The molecule has 6 nitrogen and oxygen atoms in total. The van der Waals surface area contributed by atoms with Crippen LogP contribution in [0.1, 0.15) is 45.6 Å². The number of nitriles is 1. The molecule has 0 radical (unpaired) electrons. The van der Waals surface area contributed by atoms with Gasteiger partial charge in [0.1, 0.15) is 11.3 Å². The maximum atomic E-state index is 13.2. The predicted molar refractivity (Wildman–Crippen MR) is 97.0 cm³/mol. The topological polar surface area (TPSA) is 79.9 Å². The van der Waals surface area contributed by atoms with Crippen molar-refractivity contribution in [1.82, 2.24) is 9.55 Å². The van der Waals surface area contributed by atoms with E-state index in [1.807, 2.05) is 26.8 Å². The Morgan fingerprint density at radius 2 is 2.00 bits per heavy atom. The van der Waals surface area contributed by atoms with Gasteiger partial charge in [0.05, 0.1) is 29.7 Å². The molecule has 9 heteroatoms. The van der Waals surface area contributed by atoms with Crippen LogP contribution in [0.4, 0.5) is 19.1 Å². The summed E-state index contributed by atoms with van der Waals surface area (Å²) >= 11 is 0. The van der Waals surface area contributed by atoms with Crippen molar-refractivity contribution in [3.05, 3.63) is 17.7 Å². The summed E-state index contributed by atoms with van der Waals surface area (Å²) in [5, 5.41) is 11.8. The number of anilines is 1. The van der Waals surface area contributed by atoms with E-state index in [0.29, 0.717) is 22.3 Å². The number of amides is 1. The molecule has 1 heterocycles. The molecule has 0 spiro atoms. The van der Waals surface area contributed by atoms with Crippen LogP contribution < -0.4 is 10.1 Å². The smallest absolute Gasteiger partial charge is 0.395 e. The number of benzene rings is 1. The molecule has 1 aromatic heterocycles. The molecule has 0 aliphatic heterocycles. The van der Waals surface area contributed by atoms with E-state index in [1.54, 1.807) is 10.6 Å². The van der Waals surface area contributed by atoms with Crippen LogP contribution in [0.25, 0.3) is 11.0 Å². The SMILES string of the molecule is COc1cc(C#N)cc2c1nc(NC(=O)CC1(C(F)(F)F)CC1)n2C(C)(C)C. The molecule has 3 rings (SSSR count). The Balaban J connectivity index is 2.03. The summed E-state index contributed by atoms with van der Waals surface area (Å²) in [7, 11) is 1.43. The molecule has 150 valence electrons. The van der Waals surface area contributed by atoms with Gasteiger partial charge in [-0.25, -0.2) is 4.98 Å². The van der Waals surface area contributed by atoms with E-state index in [9.17, 15) is 23.2 Å². The van der Waals surface area contributed by atoms with Crippen LogP contribution in [-0.4, -0.2) is 28.7 Å². The average Bonchev–Trinajstić information content (AvgIpc) is 3.26. The van der Waals surface area contributed by atoms with Crippen molar-refractivity contribution < 1.29 is 22.7 Å². The van der Waals surface area contributed by atoms with Crippen molar-refractivity contribution in [3.63, 3.8) is 0 Å². The van der Waals surface area contributed by atoms with Crippen molar-refractivity contribution in [2.45, 2.75) is 51.7 Å². The fourth-order valence-corrected chi connectivity index (χ4v) is 3.32. The van der Waals surface area contributed by atoms with E-state index in [4.69, 9.17) is 4.74 Å². The summed E-state index contributed by atoms with van der Waals surface area (Å²) < 4.78 is 46.5. The number of nitrogens with one attached hydrogen (secondary N) is 1. The molecular formula is C19H21F3N4O2. The zero-order chi connectivity index (χ0) is 20.9. The molecule has 0 unspecified atom stereocenters. The third-order valence-corrected chi connectivity index (χ3v) is 4.95. The summed E-state index contributed by atoms with van der Waals surface area (Å²) in [6.07, 6.45) is -5.12. The lowest BCUT2D eigenvalue weighted by Crippen LogP contribution is -2.31. The number of ether oxygens (including phenoxy) is 1. The highest BCUT2D eigenvalue weighted by molar-refractivity contribution is 5.94. The number of rotatable bonds is 4. The Bertz CT molecular complexity index is 976. The normalized spacial score (nSPS) is 15.9. The maximum absolute atomic E-state index is 13.2. The number of nitrogens with zero attached hydrogens (tertiary/aromatic N) is 3. The number of imidazole rings is 1. The number of alkyl halides is 3. The van der Waals surface area contributed by atoms with Crippen molar-refractivity contribution in [2.24, 2.45) is 5.41 Å². The minimum absolute atomic E-state index is 0.0427. The number of methoxy groups -OCH3 is 1. The van der Waals surface area contributed by atoms with E-state index < -0.39 is 29.5 Å². The lowest BCUT2D eigenvalue weighted by atomic mass is 10.0. The molecule has 1 amide bonds. The first-order valence-corrected chi connectivity index (χ1v) is 8.79. The monoisotopic (exact) mass is 394 g/mol. The molecule has 28 heavy (non-hydrogen) atoms. The quantitative estimate of drug-likeness (QED) is 0.836. The van der Waals surface area contributed by atoms with Crippen LogP contribution in [0.2, 0.25) is 0 Å². The van der Waals surface area contributed by atoms with Crippen LogP contribution in [0.5, 0.6) is 5.75 Å². The van der Waals surface area contributed by atoms with Gasteiger partial charge in [-0.1, -0.05) is 0 Å². The van der Waals surface area contributed by atoms with Gasteiger partial charge in [-0.2, -0.15) is 18.4 Å². The molecule has 2 aromatic rings. The third-order valence-electron chi connectivity index (χ3n) is 4.95. The first-order chi connectivity index (χ1) is 12.9. The second-order valence-corrected chi connectivity index (χ2v) is 8.10. The van der Waals surface area contributed by atoms with Gasteiger partial charge in [0.25, 0.3) is 0 Å².